The van der Waals surface area contributed by atoms with Crippen molar-refractivity contribution >= 4 is 34.4 Å². The predicted molar refractivity (Wildman–Crippen MR) is 142 cm³/mol. The minimum atomic E-state index is -0.258. The van der Waals surface area contributed by atoms with Crippen LogP contribution in [-0.2, 0) is 11.2 Å². The Morgan fingerprint density at radius 2 is 1.86 bits per heavy atom. The van der Waals surface area contributed by atoms with Gasteiger partial charge >= 0.3 is 0 Å². The second-order valence-corrected chi connectivity index (χ2v) is 10.5. The average molecular weight is 517 g/mol. The zero-order valence-corrected chi connectivity index (χ0v) is 21.2. The molecule has 1 aliphatic carbocycles. The van der Waals surface area contributed by atoms with Crippen molar-refractivity contribution in [1.29, 1.82) is 0 Å². The first-order valence-corrected chi connectivity index (χ1v) is 13.4. The lowest BCUT2D eigenvalue weighted by Crippen LogP contribution is -2.49. The molecule has 2 aromatic carbocycles. The van der Waals surface area contributed by atoms with Crippen LogP contribution < -0.4 is 14.8 Å². The smallest absolute Gasteiger partial charge is 0.257 e. The first kappa shape index (κ1) is 23.7. The Hall–Kier alpha value is -3.69. The van der Waals surface area contributed by atoms with Gasteiger partial charge in [0.05, 0.1) is 11.6 Å². The van der Waals surface area contributed by atoms with Crippen LogP contribution in [0.15, 0.2) is 54.6 Å². The Balaban J connectivity index is 1.03. The minimum Gasteiger partial charge on any atom is -0.454 e. The van der Waals surface area contributed by atoms with Crippen LogP contribution in [-0.4, -0.2) is 66.1 Å². The van der Waals surface area contributed by atoms with Gasteiger partial charge in [0, 0.05) is 43.2 Å². The molecule has 1 unspecified atom stereocenters. The number of carbonyl (C=O) groups excluding carboxylic acids is 2. The average Bonchev–Trinajstić information content (AvgIpc) is 3.65. The highest BCUT2D eigenvalue weighted by Crippen LogP contribution is 2.40. The zero-order chi connectivity index (χ0) is 25.2. The number of hydrogen-bond acceptors (Lipinski definition) is 7. The van der Waals surface area contributed by atoms with Gasteiger partial charge in [-0.1, -0.05) is 42.5 Å². The van der Waals surface area contributed by atoms with E-state index in [1.54, 1.807) is 18.2 Å². The molecule has 3 aliphatic rings. The third-order valence-electron chi connectivity index (χ3n) is 7.03. The molecule has 1 atom stereocenters. The van der Waals surface area contributed by atoms with Gasteiger partial charge in [0.1, 0.15) is 0 Å². The summed E-state index contributed by atoms with van der Waals surface area (Å²) in [5, 5.41) is 3.42. The molecule has 8 nitrogen and oxygen atoms in total. The summed E-state index contributed by atoms with van der Waals surface area (Å²) in [6.45, 7) is 4.21. The standard InChI is InChI=1S/C28H28N4O4S/c33-26(20-8-10-22-23(17-20)36-18-35-22)30-28-29-25-21(9-11-24(25)37-28)27(34)32-15-13-31(14-16-32)12-4-7-19-5-2-1-3-6-19/h1-8,10,17,21H,9,11-16,18H2,(H,29,30,33)/b7-4+. The van der Waals surface area contributed by atoms with Gasteiger partial charge in [0.2, 0.25) is 12.7 Å². The van der Waals surface area contributed by atoms with E-state index in [1.807, 2.05) is 23.1 Å². The van der Waals surface area contributed by atoms with Crippen LogP contribution >= 0.6 is 11.3 Å². The Bertz CT molecular complexity index is 1330. The number of hydrogen-bond donors (Lipinski definition) is 1. The van der Waals surface area contributed by atoms with Gasteiger partial charge in [-0.15, -0.1) is 11.3 Å². The SMILES string of the molecule is O=C(Nc1nc2c(s1)CCC2C(=O)N1CCN(C/C=C/c2ccccc2)CC1)c1ccc2c(c1)OCO2. The van der Waals surface area contributed by atoms with Crippen LogP contribution in [0, 0.1) is 0 Å². The van der Waals surface area contributed by atoms with Crippen LogP contribution in [0.2, 0.25) is 0 Å². The van der Waals surface area contributed by atoms with E-state index in [0.717, 1.165) is 56.1 Å². The van der Waals surface area contributed by atoms with Crippen molar-refractivity contribution in [3.05, 3.63) is 76.3 Å². The highest BCUT2D eigenvalue weighted by molar-refractivity contribution is 7.16. The topological polar surface area (TPSA) is 84.0 Å². The largest absolute Gasteiger partial charge is 0.454 e. The second-order valence-electron chi connectivity index (χ2n) is 9.38. The molecule has 2 aliphatic heterocycles. The van der Waals surface area contributed by atoms with E-state index in [0.29, 0.717) is 22.2 Å². The number of fused-ring (bicyclic) bond motifs is 2. The minimum absolute atomic E-state index is 0.150. The van der Waals surface area contributed by atoms with Gasteiger partial charge in [-0.25, -0.2) is 4.98 Å². The Kier molecular flexibility index (Phi) is 6.63. The normalized spacial score (nSPS) is 18.8. The van der Waals surface area contributed by atoms with Crippen LogP contribution in [0.25, 0.3) is 6.08 Å². The lowest BCUT2D eigenvalue weighted by atomic mass is 10.1. The van der Waals surface area contributed by atoms with Gasteiger partial charge in [-0.3, -0.25) is 19.8 Å². The number of nitrogens with one attached hydrogen (secondary N) is 1. The van der Waals surface area contributed by atoms with E-state index in [9.17, 15) is 9.59 Å². The summed E-state index contributed by atoms with van der Waals surface area (Å²) in [7, 11) is 0. The molecule has 37 heavy (non-hydrogen) atoms. The monoisotopic (exact) mass is 516 g/mol. The molecule has 1 N–H and O–H groups in total. The van der Waals surface area contributed by atoms with Crippen LogP contribution in [0.3, 0.4) is 0 Å². The number of aryl methyl sites for hydroxylation is 1. The summed E-state index contributed by atoms with van der Waals surface area (Å²) >= 11 is 1.46. The lowest BCUT2D eigenvalue weighted by molar-refractivity contribution is -0.134. The maximum atomic E-state index is 13.4. The van der Waals surface area contributed by atoms with Crippen molar-refractivity contribution in [3.63, 3.8) is 0 Å². The molecule has 3 heterocycles. The predicted octanol–water partition coefficient (Wildman–Crippen LogP) is 4.01. The molecule has 0 saturated carbocycles. The number of anilines is 1. The van der Waals surface area contributed by atoms with Gasteiger partial charge in [0.25, 0.3) is 5.91 Å². The highest BCUT2D eigenvalue weighted by atomic mass is 32.1. The van der Waals surface area contributed by atoms with Gasteiger partial charge in [0.15, 0.2) is 16.6 Å². The van der Waals surface area contributed by atoms with Gasteiger partial charge < -0.3 is 14.4 Å². The Morgan fingerprint density at radius 1 is 1.05 bits per heavy atom. The van der Waals surface area contributed by atoms with E-state index in [4.69, 9.17) is 9.47 Å². The molecule has 1 saturated heterocycles. The van der Waals surface area contributed by atoms with Gasteiger partial charge in [-0.2, -0.15) is 0 Å². The number of thiazole rings is 1. The summed E-state index contributed by atoms with van der Waals surface area (Å²) in [6, 6.07) is 15.4. The third-order valence-corrected chi connectivity index (χ3v) is 8.07. The molecular weight excluding hydrogens is 488 g/mol. The number of nitrogens with zero attached hydrogens (tertiary/aromatic N) is 3. The summed E-state index contributed by atoms with van der Waals surface area (Å²) < 4.78 is 10.7. The molecule has 190 valence electrons. The van der Waals surface area contributed by atoms with E-state index >= 15 is 0 Å². The van der Waals surface area contributed by atoms with Crippen LogP contribution in [0.5, 0.6) is 11.5 Å². The summed E-state index contributed by atoms with van der Waals surface area (Å²) in [4.78, 5) is 36.2. The van der Waals surface area contributed by atoms with Crippen molar-refractivity contribution in [2.75, 3.05) is 44.8 Å². The maximum absolute atomic E-state index is 13.4. The highest BCUT2D eigenvalue weighted by Gasteiger charge is 2.36. The van der Waals surface area contributed by atoms with Crippen molar-refractivity contribution < 1.29 is 19.1 Å². The Morgan fingerprint density at radius 3 is 2.70 bits per heavy atom. The van der Waals surface area contributed by atoms with E-state index in [2.05, 4.69) is 39.5 Å². The fourth-order valence-electron chi connectivity index (χ4n) is 5.00. The lowest BCUT2D eigenvalue weighted by Gasteiger charge is -2.35. The third kappa shape index (κ3) is 5.10. The summed E-state index contributed by atoms with van der Waals surface area (Å²) in [5.74, 6) is 0.859. The maximum Gasteiger partial charge on any atom is 0.257 e. The van der Waals surface area contributed by atoms with Gasteiger partial charge in [-0.05, 0) is 36.6 Å². The summed E-state index contributed by atoms with van der Waals surface area (Å²) in [6.07, 6.45) is 5.92. The second kappa shape index (κ2) is 10.4. The molecule has 1 aromatic heterocycles. The molecule has 0 spiro atoms. The quantitative estimate of drug-likeness (QED) is 0.533. The molecule has 0 radical (unpaired) electrons. The molecule has 9 heteroatoms. The molecular formula is C28H28N4O4S. The van der Waals surface area contributed by atoms with E-state index < -0.39 is 0 Å². The first-order valence-electron chi connectivity index (χ1n) is 12.6. The van der Waals surface area contributed by atoms with Crippen molar-refractivity contribution in [1.82, 2.24) is 14.8 Å². The van der Waals surface area contributed by atoms with Crippen molar-refractivity contribution in [2.45, 2.75) is 18.8 Å². The van der Waals surface area contributed by atoms with Crippen molar-refractivity contribution in [3.8, 4) is 11.5 Å². The molecule has 3 aromatic rings. The van der Waals surface area contributed by atoms with E-state index in [-0.39, 0.29) is 24.5 Å². The number of benzene rings is 2. The zero-order valence-electron chi connectivity index (χ0n) is 20.4. The number of carbonyl (C=O) groups is 2. The van der Waals surface area contributed by atoms with Crippen molar-refractivity contribution in [2.24, 2.45) is 0 Å². The molecule has 1 fully saturated rings. The summed E-state index contributed by atoms with van der Waals surface area (Å²) in [5.41, 5.74) is 2.50. The van der Waals surface area contributed by atoms with E-state index in [1.165, 1.54) is 16.9 Å². The number of rotatable bonds is 6. The Labute approximate surface area is 219 Å². The number of aromatic nitrogens is 1. The molecule has 6 rings (SSSR count). The molecule has 2 amide bonds. The first-order chi connectivity index (χ1) is 18.1. The van der Waals surface area contributed by atoms with Crippen LogP contribution in [0.1, 0.15) is 38.8 Å². The fraction of sp³-hybridized carbons (Fsp3) is 0.321. The van der Waals surface area contributed by atoms with Crippen LogP contribution in [0.4, 0.5) is 5.13 Å². The number of amides is 2. The fourth-order valence-corrected chi connectivity index (χ4v) is 6.03. The molecule has 0 bridgehead atoms. The number of ether oxygens (including phenoxy) is 2. The number of piperazine rings is 1.